The quantitative estimate of drug-likeness (QED) is 0.813. The zero-order valence-electron chi connectivity index (χ0n) is 9.99. The second-order valence-electron chi connectivity index (χ2n) is 4.41. The Hall–Kier alpha value is -1.76. The van der Waals surface area contributed by atoms with Crippen molar-refractivity contribution in [1.29, 1.82) is 5.26 Å². The van der Waals surface area contributed by atoms with E-state index in [4.69, 9.17) is 11.0 Å². The molecule has 0 bridgehead atoms. The lowest BCUT2D eigenvalue weighted by atomic mass is 10.1. The molecule has 1 rings (SSSR count). The molecule has 1 aromatic rings. The van der Waals surface area contributed by atoms with E-state index in [2.05, 4.69) is 31.1 Å². The lowest BCUT2D eigenvalue weighted by Gasteiger charge is -2.17. The van der Waals surface area contributed by atoms with Gasteiger partial charge in [-0.05, 0) is 25.3 Å². The standard InChI is InChI=1S/C12H18N4/c1-8(2)6-9(3)16-12-11(14)10(7-13)4-5-15-12/h4-5,8-9H,6,14H2,1-3H3,(H,15,16). The number of aromatic nitrogens is 1. The summed E-state index contributed by atoms with van der Waals surface area (Å²) in [6.45, 7) is 6.42. The summed E-state index contributed by atoms with van der Waals surface area (Å²) in [5, 5.41) is 12.1. The van der Waals surface area contributed by atoms with Gasteiger partial charge in [0.15, 0.2) is 5.82 Å². The zero-order valence-corrected chi connectivity index (χ0v) is 9.99. The van der Waals surface area contributed by atoms with Crippen LogP contribution in [0.2, 0.25) is 0 Å². The molecule has 0 saturated carbocycles. The van der Waals surface area contributed by atoms with Gasteiger partial charge in [-0.3, -0.25) is 0 Å². The van der Waals surface area contributed by atoms with E-state index < -0.39 is 0 Å². The number of nitrogens with two attached hydrogens (primary N) is 1. The highest BCUT2D eigenvalue weighted by Crippen LogP contribution is 2.20. The fraction of sp³-hybridized carbons (Fsp3) is 0.500. The molecule has 16 heavy (non-hydrogen) atoms. The van der Waals surface area contributed by atoms with E-state index in [1.54, 1.807) is 12.3 Å². The Balaban J connectivity index is 2.78. The normalized spacial score (nSPS) is 12.2. The number of hydrogen-bond acceptors (Lipinski definition) is 4. The highest BCUT2D eigenvalue weighted by atomic mass is 15.0. The molecule has 0 spiro atoms. The molecule has 0 fully saturated rings. The molecule has 1 aromatic heterocycles. The molecule has 86 valence electrons. The van der Waals surface area contributed by atoms with E-state index in [1.807, 2.05) is 6.07 Å². The molecular weight excluding hydrogens is 200 g/mol. The van der Waals surface area contributed by atoms with Crippen LogP contribution in [0.4, 0.5) is 11.5 Å². The number of hydrogen-bond donors (Lipinski definition) is 2. The van der Waals surface area contributed by atoms with Crippen molar-refractivity contribution in [3.63, 3.8) is 0 Å². The Labute approximate surface area is 96.5 Å². The third-order valence-electron chi connectivity index (χ3n) is 2.32. The van der Waals surface area contributed by atoms with Gasteiger partial charge in [-0.1, -0.05) is 13.8 Å². The van der Waals surface area contributed by atoms with Gasteiger partial charge in [0.25, 0.3) is 0 Å². The number of anilines is 2. The van der Waals surface area contributed by atoms with Crippen molar-refractivity contribution in [1.82, 2.24) is 4.98 Å². The Morgan fingerprint density at radius 1 is 1.50 bits per heavy atom. The Morgan fingerprint density at radius 2 is 2.19 bits per heavy atom. The number of nitrogen functional groups attached to an aromatic ring is 1. The van der Waals surface area contributed by atoms with E-state index in [1.165, 1.54) is 0 Å². The molecule has 3 N–H and O–H groups in total. The molecule has 1 heterocycles. The first-order valence-electron chi connectivity index (χ1n) is 5.45. The molecule has 0 radical (unpaired) electrons. The summed E-state index contributed by atoms with van der Waals surface area (Å²) >= 11 is 0. The smallest absolute Gasteiger partial charge is 0.150 e. The van der Waals surface area contributed by atoms with Crippen LogP contribution in [0.1, 0.15) is 32.8 Å². The Morgan fingerprint density at radius 3 is 2.75 bits per heavy atom. The van der Waals surface area contributed by atoms with E-state index in [0.29, 0.717) is 29.0 Å². The number of rotatable bonds is 4. The van der Waals surface area contributed by atoms with Crippen LogP contribution >= 0.6 is 0 Å². The first kappa shape index (κ1) is 12.3. The van der Waals surface area contributed by atoms with E-state index >= 15 is 0 Å². The average molecular weight is 218 g/mol. The predicted molar refractivity (Wildman–Crippen MR) is 65.9 cm³/mol. The maximum Gasteiger partial charge on any atom is 0.150 e. The highest BCUT2D eigenvalue weighted by molar-refractivity contribution is 5.69. The van der Waals surface area contributed by atoms with Gasteiger partial charge in [-0.15, -0.1) is 0 Å². The van der Waals surface area contributed by atoms with Crippen molar-refractivity contribution in [3.8, 4) is 6.07 Å². The third kappa shape index (κ3) is 3.13. The van der Waals surface area contributed by atoms with Gasteiger partial charge in [0.1, 0.15) is 6.07 Å². The Bertz CT molecular complexity index is 392. The lowest BCUT2D eigenvalue weighted by Crippen LogP contribution is -2.19. The van der Waals surface area contributed by atoms with E-state index in [-0.39, 0.29) is 0 Å². The van der Waals surface area contributed by atoms with Crippen LogP contribution in [0.5, 0.6) is 0 Å². The highest BCUT2D eigenvalue weighted by Gasteiger charge is 2.10. The Kier molecular flexibility index (Phi) is 4.12. The molecule has 0 aliphatic heterocycles. The van der Waals surface area contributed by atoms with Gasteiger partial charge in [-0.25, -0.2) is 4.98 Å². The summed E-state index contributed by atoms with van der Waals surface area (Å²) in [5.74, 6) is 1.22. The van der Waals surface area contributed by atoms with Crippen LogP contribution in [0.15, 0.2) is 12.3 Å². The maximum absolute atomic E-state index is 8.84. The van der Waals surface area contributed by atoms with Crippen molar-refractivity contribution >= 4 is 11.5 Å². The summed E-state index contributed by atoms with van der Waals surface area (Å²) in [6.07, 6.45) is 2.64. The van der Waals surface area contributed by atoms with Gasteiger partial charge >= 0.3 is 0 Å². The fourth-order valence-electron chi connectivity index (χ4n) is 1.69. The summed E-state index contributed by atoms with van der Waals surface area (Å²) in [5.41, 5.74) is 6.72. The first-order valence-corrected chi connectivity index (χ1v) is 5.45. The van der Waals surface area contributed by atoms with Gasteiger partial charge < -0.3 is 11.1 Å². The van der Waals surface area contributed by atoms with Gasteiger partial charge in [0, 0.05) is 12.2 Å². The van der Waals surface area contributed by atoms with Crippen molar-refractivity contribution in [3.05, 3.63) is 17.8 Å². The summed E-state index contributed by atoms with van der Waals surface area (Å²) in [6, 6.07) is 3.96. The summed E-state index contributed by atoms with van der Waals surface area (Å²) < 4.78 is 0. The third-order valence-corrected chi connectivity index (χ3v) is 2.32. The minimum Gasteiger partial charge on any atom is -0.395 e. The van der Waals surface area contributed by atoms with Gasteiger partial charge in [0.2, 0.25) is 0 Å². The van der Waals surface area contributed by atoms with Crippen molar-refractivity contribution in [2.24, 2.45) is 5.92 Å². The van der Waals surface area contributed by atoms with Crippen molar-refractivity contribution in [2.45, 2.75) is 33.2 Å². The zero-order chi connectivity index (χ0) is 12.1. The van der Waals surface area contributed by atoms with Crippen LogP contribution in [0.3, 0.4) is 0 Å². The number of nitrogens with one attached hydrogen (secondary N) is 1. The molecule has 1 atom stereocenters. The minimum absolute atomic E-state index is 0.295. The SMILES string of the molecule is CC(C)CC(C)Nc1nccc(C#N)c1N. The monoisotopic (exact) mass is 218 g/mol. The average Bonchev–Trinajstić information content (AvgIpc) is 2.20. The van der Waals surface area contributed by atoms with Gasteiger partial charge in [0.05, 0.1) is 11.3 Å². The van der Waals surface area contributed by atoms with Crippen LogP contribution in [-0.2, 0) is 0 Å². The van der Waals surface area contributed by atoms with Crippen LogP contribution < -0.4 is 11.1 Å². The molecule has 0 aliphatic carbocycles. The second-order valence-corrected chi connectivity index (χ2v) is 4.41. The first-order chi connectivity index (χ1) is 7.54. The summed E-state index contributed by atoms with van der Waals surface area (Å²) in [4.78, 5) is 4.15. The minimum atomic E-state index is 0.295. The number of pyridine rings is 1. The summed E-state index contributed by atoms with van der Waals surface area (Å²) in [7, 11) is 0. The molecule has 4 heteroatoms. The second kappa shape index (κ2) is 5.36. The molecule has 0 aromatic carbocycles. The molecule has 4 nitrogen and oxygen atoms in total. The van der Waals surface area contributed by atoms with E-state index in [9.17, 15) is 0 Å². The van der Waals surface area contributed by atoms with Crippen molar-refractivity contribution in [2.75, 3.05) is 11.1 Å². The number of nitriles is 1. The van der Waals surface area contributed by atoms with Gasteiger partial charge in [-0.2, -0.15) is 5.26 Å². The topological polar surface area (TPSA) is 74.7 Å². The predicted octanol–water partition coefficient (Wildman–Crippen LogP) is 2.38. The van der Waals surface area contributed by atoms with Crippen LogP contribution in [-0.4, -0.2) is 11.0 Å². The van der Waals surface area contributed by atoms with Crippen molar-refractivity contribution < 1.29 is 0 Å². The van der Waals surface area contributed by atoms with Crippen LogP contribution in [0, 0.1) is 17.2 Å². The molecule has 0 amide bonds. The molecular formula is C12H18N4. The lowest BCUT2D eigenvalue weighted by molar-refractivity contribution is 0.539. The molecule has 0 aliphatic rings. The largest absolute Gasteiger partial charge is 0.395 e. The fourth-order valence-corrected chi connectivity index (χ4v) is 1.69. The molecule has 0 saturated heterocycles. The van der Waals surface area contributed by atoms with Crippen LogP contribution in [0.25, 0.3) is 0 Å². The maximum atomic E-state index is 8.84. The molecule has 1 unspecified atom stereocenters. The number of nitrogens with zero attached hydrogens (tertiary/aromatic N) is 2. The van der Waals surface area contributed by atoms with E-state index in [0.717, 1.165) is 6.42 Å².